The molecule has 196 valence electrons. The third kappa shape index (κ3) is 5.24. The highest BCUT2D eigenvalue weighted by Crippen LogP contribution is 2.34. The smallest absolute Gasteiger partial charge is 0.178 e. The van der Waals surface area contributed by atoms with Crippen LogP contribution in [0.1, 0.15) is 38.1 Å². The molecular formula is C31H31N7S. The van der Waals surface area contributed by atoms with Gasteiger partial charge in [-0.1, -0.05) is 39.7 Å². The number of thiophene rings is 1. The van der Waals surface area contributed by atoms with Gasteiger partial charge in [0.2, 0.25) is 0 Å². The van der Waals surface area contributed by atoms with Crippen molar-refractivity contribution in [3.05, 3.63) is 89.3 Å². The molecule has 0 fully saturated rings. The Labute approximate surface area is 231 Å². The highest BCUT2D eigenvalue weighted by Gasteiger charge is 2.16. The Hall–Kier alpha value is -4.56. The zero-order valence-corrected chi connectivity index (χ0v) is 23.4. The number of rotatable bonds is 8. The van der Waals surface area contributed by atoms with Gasteiger partial charge in [-0.2, -0.15) is 5.10 Å². The van der Waals surface area contributed by atoms with E-state index in [4.69, 9.17) is 4.98 Å². The van der Waals surface area contributed by atoms with E-state index in [0.29, 0.717) is 23.1 Å². The van der Waals surface area contributed by atoms with E-state index in [9.17, 15) is 0 Å². The number of aromatic amines is 2. The van der Waals surface area contributed by atoms with Crippen LogP contribution in [0.5, 0.6) is 0 Å². The van der Waals surface area contributed by atoms with Crippen LogP contribution in [-0.2, 0) is 0 Å². The number of allylic oxidation sites excluding steroid dienone is 3. The summed E-state index contributed by atoms with van der Waals surface area (Å²) in [5, 5.41) is 12.8. The lowest BCUT2D eigenvalue weighted by atomic mass is 10.1. The summed E-state index contributed by atoms with van der Waals surface area (Å²) in [7, 11) is 0. The maximum absolute atomic E-state index is 4.80. The number of nitrogens with zero attached hydrogens (tertiary/aromatic N) is 4. The topological polar surface area (TPSA) is 95.2 Å². The number of aromatic nitrogens is 6. The molecule has 0 saturated heterocycles. The Morgan fingerprint density at radius 2 is 1.95 bits per heavy atom. The molecule has 5 rings (SSSR count). The van der Waals surface area contributed by atoms with Crippen molar-refractivity contribution in [1.82, 2.24) is 30.1 Å². The van der Waals surface area contributed by atoms with Crippen LogP contribution in [0.2, 0.25) is 0 Å². The first-order chi connectivity index (χ1) is 18.7. The number of anilines is 1. The van der Waals surface area contributed by atoms with Gasteiger partial charge in [0.15, 0.2) is 11.5 Å². The van der Waals surface area contributed by atoms with Crippen molar-refractivity contribution in [1.29, 1.82) is 0 Å². The van der Waals surface area contributed by atoms with Crippen molar-refractivity contribution >= 4 is 51.5 Å². The van der Waals surface area contributed by atoms with E-state index >= 15 is 0 Å². The predicted octanol–water partition coefficient (Wildman–Crippen LogP) is 6.38. The molecule has 8 heteroatoms. The lowest BCUT2D eigenvalue weighted by Gasteiger charge is -2.13. The molecule has 0 aliphatic carbocycles. The minimum Gasteiger partial charge on any atom is -0.358 e. The number of hydrogen-bond donors (Lipinski definition) is 3. The van der Waals surface area contributed by atoms with Gasteiger partial charge in [-0.25, -0.2) is 9.97 Å². The largest absolute Gasteiger partial charge is 0.358 e. The molecular weight excluding hydrogens is 502 g/mol. The van der Waals surface area contributed by atoms with Gasteiger partial charge in [-0.05, 0) is 61.3 Å². The normalized spacial score (nSPS) is 12.4. The third-order valence-corrected chi connectivity index (χ3v) is 7.74. The molecule has 7 nitrogen and oxygen atoms in total. The summed E-state index contributed by atoms with van der Waals surface area (Å²) < 4.78 is 0. The summed E-state index contributed by atoms with van der Waals surface area (Å²) in [6.45, 7) is 20.7. The Morgan fingerprint density at radius 1 is 1.13 bits per heavy atom. The molecule has 39 heavy (non-hydrogen) atoms. The van der Waals surface area contributed by atoms with Gasteiger partial charge in [-0.3, -0.25) is 10.1 Å². The standard InChI is InChI=1S/C31H31N7S/c1-8-25-24(13-19(6)21-14-22(16-32-15-21)34-20(7)17(2)3)29(38-37-25)31-35-28-23(11-12-33-30(28)36-31)27-10-9-26(39-27)18(4)5/h8-17,34,37H,4,6-7H2,1-3,5H3,(H,33,35,36)/b24-13+,25-8+. The van der Waals surface area contributed by atoms with Crippen LogP contribution in [0.3, 0.4) is 0 Å². The van der Waals surface area contributed by atoms with Crippen LogP contribution in [0.25, 0.3) is 56.4 Å². The zero-order valence-electron chi connectivity index (χ0n) is 22.6. The molecule has 0 aromatic carbocycles. The van der Waals surface area contributed by atoms with Crippen LogP contribution in [0.4, 0.5) is 5.69 Å². The van der Waals surface area contributed by atoms with Crippen molar-refractivity contribution in [3.8, 4) is 22.0 Å². The van der Waals surface area contributed by atoms with Crippen LogP contribution >= 0.6 is 11.3 Å². The summed E-state index contributed by atoms with van der Waals surface area (Å²) in [5.74, 6) is 0.943. The van der Waals surface area contributed by atoms with Crippen LogP contribution in [-0.4, -0.2) is 30.1 Å². The molecule has 0 amide bonds. The number of H-pyrrole nitrogens is 2. The van der Waals surface area contributed by atoms with Crippen LogP contribution in [0.15, 0.2) is 68.3 Å². The van der Waals surface area contributed by atoms with Gasteiger partial charge in [0.1, 0.15) is 5.69 Å². The average molecular weight is 534 g/mol. The van der Waals surface area contributed by atoms with Crippen molar-refractivity contribution in [2.45, 2.75) is 27.7 Å². The van der Waals surface area contributed by atoms with Crippen molar-refractivity contribution in [3.63, 3.8) is 0 Å². The maximum Gasteiger partial charge on any atom is 0.178 e. The molecule has 5 aromatic heterocycles. The van der Waals surface area contributed by atoms with Crippen LogP contribution < -0.4 is 15.9 Å². The fourth-order valence-corrected chi connectivity index (χ4v) is 5.09. The monoisotopic (exact) mass is 533 g/mol. The molecule has 0 saturated carbocycles. The Morgan fingerprint density at radius 3 is 2.67 bits per heavy atom. The lowest BCUT2D eigenvalue weighted by Crippen LogP contribution is -2.23. The van der Waals surface area contributed by atoms with Gasteiger partial charge in [0, 0.05) is 44.2 Å². The van der Waals surface area contributed by atoms with E-state index < -0.39 is 0 Å². The maximum atomic E-state index is 4.80. The Bertz CT molecular complexity index is 1850. The highest BCUT2D eigenvalue weighted by molar-refractivity contribution is 7.16. The SMILES string of the molecule is C=C(/C=c1/c(-c2nc3nccc(-c4ccc(C(=C)C)s4)c3[nH]2)n[nH]/c1=C/C)c1cncc(NC(=C)C(C)C)c1. The Kier molecular flexibility index (Phi) is 7.13. The zero-order chi connectivity index (χ0) is 27.7. The molecule has 5 heterocycles. The third-order valence-electron chi connectivity index (χ3n) is 6.46. The number of imidazole rings is 1. The molecule has 0 spiro atoms. The molecule has 0 aliphatic heterocycles. The molecule has 0 bridgehead atoms. The fourth-order valence-electron chi connectivity index (χ4n) is 4.12. The first-order valence-corrected chi connectivity index (χ1v) is 13.5. The second-order valence-electron chi connectivity index (χ2n) is 9.71. The predicted molar refractivity (Wildman–Crippen MR) is 164 cm³/mol. The van der Waals surface area contributed by atoms with Gasteiger partial charge in [0.25, 0.3) is 0 Å². The minimum atomic E-state index is 0.311. The van der Waals surface area contributed by atoms with Gasteiger partial charge < -0.3 is 10.3 Å². The highest BCUT2D eigenvalue weighted by atomic mass is 32.1. The first kappa shape index (κ1) is 26.1. The molecule has 0 unspecified atom stereocenters. The average Bonchev–Trinajstić information content (AvgIpc) is 3.66. The number of fused-ring (bicyclic) bond motifs is 1. The lowest BCUT2D eigenvalue weighted by molar-refractivity contribution is 0.778. The number of hydrogen-bond acceptors (Lipinski definition) is 6. The van der Waals surface area contributed by atoms with Gasteiger partial charge in [0.05, 0.1) is 22.8 Å². The molecule has 0 atom stereocenters. The van der Waals surface area contributed by atoms with Gasteiger partial charge >= 0.3 is 0 Å². The number of nitrogens with one attached hydrogen (secondary N) is 3. The summed E-state index contributed by atoms with van der Waals surface area (Å²) in [6, 6.07) is 8.23. The van der Waals surface area contributed by atoms with E-state index in [0.717, 1.165) is 59.5 Å². The van der Waals surface area contributed by atoms with E-state index in [2.05, 4.69) is 76.2 Å². The molecule has 3 N–H and O–H groups in total. The van der Waals surface area contributed by atoms with Crippen molar-refractivity contribution in [2.75, 3.05) is 5.32 Å². The summed E-state index contributed by atoms with van der Waals surface area (Å²) in [5.41, 5.74) is 7.78. The molecule has 0 radical (unpaired) electrons. The quantitative estimate of drug-likeness (QED) is 0.215. The van der Waals surface area contributed by atoms with Gasteiger partial charge in [-0.15, -0.1) is 11.3 Å². The van der Waals surface area contributed by atoms with E-state index in [1.807, 2.05) is 38.1 Å². The molecule has 0 aliphatic rings. The van der Waals surface area contributed by atoms with E-state index in [1.165, 1.54) is 0 Å². The van der Waals surface area contributed by atoms with Crippen LogP contribution in [0, 0.1) is 5.92 Å². The van der Waals surface area contributed by atoms with E-state index in [-0.39, 0.29) is 0 Å². The summed E-state index contributed by atoms with van der Waals surface area (Å²) in [6.07, 6.45) is 9.36. The Balaban J connectivity index is 1.56. The van der Waals surface area contributed by atoms with E-state index in [1.54, 1.807) is 29.9 Å². The van der Waals surface area contributed by atoms with Crippen molar-refractivity contribution in [2.24, 2.45) is 5.92 Å². The second-order valence-corrected chi connectivity index (χ2v) is 10.8. The molecule has 5 aromatic rings. The summed E-state index contributed by atoms with van der Waals surface area (Å²) >= 11 is 1.70. The summed E-state index contributed by atoms with van der Waals surface area (Å²) in [4.78, 5) is 19.5. The fraction of sp³-hybridized carbons (Fsp3) is 0.161. The first-order valence-electron chi connectivity index (χ1n) is 12.7. The minimum absolute atomic E-state index is 0.311. The number of pyridine rings is 2. The second kappa shape index (κ2) is 10.7. The van der Waals surface area contributed by atoms with Crippen molar-refractivity contribution < 1.29 is 0 Å².